The van der Waals surface area contributed by atoms with E-state index in [1.54, 1.807) is 0 Å². The van der Waals surface area contributed by atoms with Crippen LogP contribution >= 0.6 is 0 Å². The zero-order valence-electron chi connectivity index (χ0n) is 13.2. The summed E-state index contributed by atoms with van der Waals surface area (Å²) >= 11 is 0. The average Bonchev–Trinajstić information content (AvgIpc) is 1.93. The molecule has 0 bridgehead atoms. The molecular weight excluding hydrogens is 280 g/mol. The fraction of sp³-hybridized carbons (Fsp3) is 0.571. The topological polar surface area (TPSA) is 31.5 Å². The Bertz CT molecular complexity index is 35.2. The fourth-order valence-electron chi connectivity index (χ4n) is 0.500. The third-order valence-electron chi connectivity index (χ3n) is 1.21. The minimum atomic E-state index is 0. The summed E-state index contributed by atoms with van der Waals surface area (Å²) < 4.78 is 0. The minimum Gasteiger partial charge on any atom is -0.412 e. The van der Waals surface area contributed by atoms with Crippen LogP contribution in [0, 0.1) is 43.6 Å². The first-order valence-electron chi connectivity index (χ1n) is 4.41. The fourth-order valence-corrected chi connectivity index (χ4v) is 0.500. The molecule has 0 aromatic carbocycles. The van der Waals surface area contributed by atoms with Gasteiger partial charge in [-0.3, -0.25) is 0 Å². The van der Waals surface area contributed by atoms with Gasteiger partial charge in [-0.05, 0) is 0 Å². The van der Waals surface area contributed by atoms with Crippen LogP contribution in [0.15, 0.2) is 0 Å². The SMILES string of the molecule is O.[CH2-]CCCC.[CH2-]CCCC.[CH3-].[CH3-].[CH3-].[CH3-].[Ti+3].[Ti+3]. The van der Waals surface area contributed by atoms with Gasteiger partial charge in [0.1, 0.15) is 0 Å². The molecule has 106 valence electrons. The first-order chi connectivity index (χ1) is 4.83. The molecule has 0 rings (SSSR count). The van der Waals surface area contributed by atoms with Crippen LogP contribution < -0.4 is 0 Å². The molecule has 0 fully saturated rings. The van der Waals surface area contributed by atoms with E-state index >= 15 is 0 Å². The van der Waals surface area contributed by atoms with E-state index in [0.717, 1.165) is 12.8 Å². The van der Waals surface area contributed by atoms with E-state index < -0.39 is 0 Å². The van der Waals surface area contributed by atoms with E-state index in [1.165, 1.54) is 25.7 Å². The zero-order chi connectivity index (χ0) is 8.24. The molecule has 1 nitrogen and oxygen atoms in total. The Morgan fingerprint density at radius 1 is 0.647 bits per heavy atom. The molecule has 0 saturated heterocycles. The third-order valence-corrected chi connectivity index (χ3v) is 1.21. The molecule has 0 aliphatic carbocycles. The van der Waals surface area contributed by atoms with E-state index in [9.17, 15) is 0 Å². The van der Waals surface area contributed by atoms with Gasteiger partial charge in [0, 0.05) is 0 Å². The van der Waals surface area contributed by atoms with Crippen LogP contribution in [0.3, 0.4) is 0 Å². The van der Waals surface area contributed by atoms with Gasteiger partial charge in [-0.1, -0.05) is 39.5 Å². The van der Waals surface area contributed by atoms with Gasteiger partial charge >= 0.3 is 43.4 Å². The molecular formula is C14H36OTi2. The molecule has 0 heterocycles. The van der Waals surface area contributed by atoms with Crippen molar-refractivity contribution in [3.63, 3.8) is 0 Å². The standard InChI is InChI=1S/2C5H11.4CH3.H2O.2Ti/c2*1-3-5-4-2;;;;;;;/h2*1,3-5H2,2H3;4*1H3;1H2;;/q6*-1;;2*+3. The van der Waals surface area contributed by atoms with Crippen molar-refractivity contribution >= 4 is 0 Å². The first-order valence-corrected chi connectivity index (χ1v) is 4.41. The Labute approximate surface area is 144 Å². The van der Waals surface area contributed by atoms with E-state index in [4.69, 9.17) is 0 Å². The molecule has 0 atom stereocenters. The van der Waals surface area contributed by atoms with Crippen LogP contribution in [0.4, 0.5) is 0 Å². The second-order valence-electron chi connectivity index (χ2n) is 2.41. The molecule has 0 spiro atoms. The Balaban J connectivity index is -0.00000000762. The first kappa shape index (κ1) is 63.1. The van der Waals surface area contributed by atoms with Crippen LogP contribution in [-0.4, -0.2) is 5.48 Å². The Hall–Kier alpha value is 1.39. The predicted octanol–water partition coefficient (Wildman–Crippen LogP) is 4.99. The maximum atomic E-state index is 3.68. The molecule has 0 amide bonds. The summed E-state index contributed by atoms with van der Waals surface area (Å²) in [5.74, 6) is 0. The summed E-state index contributed by atoms with van der Waals surface area (Å²) in [7, 11) is 0. The second-order valence-corrected chi connectivity index (χ2v) is 2.41. The summed E-state index contributed by atoms with van der Waals surface area (Å²) in [6.45, 7) is 11.7. The van der Waals surface area contributed by atoms with Gasteiger partial charge in [-0.2, -0.15) is 12.8 Å². The molecule has 0 unspecified atom stereocenters. The number of hydrogen-bond acceptors (Lipinski definition) is 0. The summed E-state index contributed by atoms with van der Waals surface area (Å²) in [6, 6.07) is 0. The van der Waals surface area contributed by atoms with Gasteiger partial charge < -0.3 is 49.0 Å². The molecule has 0 aliphatic heterocycles. The van der Waals surface area contributed by atoms with Crippen LogP contribution in [0.1, 0.15) is 52.4 Å². The summed E-state index contributed by atoms with van der Waals surface area (Å²) in [5, 5.41) is 0. The molecule has 17 heavy (non-hydrogen) atoms. The average molecular weight is 316 g/mol. The maximum Gasteiger partial charge on any atom is 3.00 e. The predicted molar refractivity (Wildman–Crippen MR) is 79.0 cm³/mol. The van der Waals surface area contributed by atoms with Crippen LogP contribution in [0.2, 0.25) is 0 Å². The van der Waals surface area contributed by atoms with Crippen LogP contribution in [-0.2, 0) is 43.4 Å². The number of unbranched alkanes of at least 4 members (excludes halogenated alkanes) is 4. The van der Waals surface area contributed by atoms with Gasteiger partial charge in [0.15, 0.2) is 0 Å². The van der Waals surface area contributed by atoms with Gasteiger partial charge in [-0.25, -0.2) is 0 Å². The molecule has 0 aliphatic rings. The van der Waals surface area contributed by atoms with Crippen molar-refractivity contribution in [2.24, 2.45) is 0 Å². The van der Waals surface area contributed by atoms with E-state index in [2.05, 4.69) is 27.7 Å². The van der Waals surface area contributed by atoms with E-state index in [0.29, 0.717) is 0 Å². The molecule has 2 radical (unpaired) electrons. The van der Waals surface area contributed by atoms with Gasteiger partial charge in [0.05, 0.1) is 0 Å². The van der Waals surface area contributed by atoms with E-state index in [-0.39, 0.29) is 78.6 Å². The van der Waals surface area contributed by atoms with Crippen molar-refractivity contribution in [3.8, 4) is 0 Å². The molecule has 2 N–H and O–H groups in total. The maximum absolute atomic E-state index is 3.68. The Morgan fingerprint density at radius 3 is 0.824 bits per heavy atom. The van der Waals surface area contributed by atoms with Crippen molar-refractivity contribution in [1.82, 2.24) is 0 Å². The minimum absolute atomic E-state index is 0. The van der Waals surface area contributed by atoms with Crippen molar-refractivity contribution < 1.29 is 48.9 Å². The summed E-state index contributed by atoms with van der Waals surface area (Å²) in [4.78, 5) is 0. The molecule has 0 aromatic heterocycles. The Kier molecular flexibility index (Phi) is 317. The molecule has 3 heteroatoms. The van der Waals surface area contributed by atoms with Crippen molar-refractivity contribution in [1.29, 1.82) is 0 Å². The monoisotopic (exact) mass is 316 g/mol. The van der Waals surface area contributed by atoms with Crippen molar-refractivity contribution in [2.45, 2.75) is 52.4 Å². The van der Waals surface area contributed by atoms with Gasteiger partial charge in [0.2, 0.25) is 0 Å². The van der Waals surface area contributed by atoms with Gasteiger partial charge in [-0.15, -0.1) is 0 Å². The number of rotatable bonds is 4. The zero-order valence-corrected chi connectivity index (χ0v) is 16.3. The Morgan fingerprint density at radius 2 is 0.824 bits per heavy atom. The van der Waals surface area contributed by atoms with Crippen LogP contribution in [0.5, 0.6) is 0 Å². The van der Waals surface area contributed by atoms with Crippen LogP contribution in [0.25, 0.3) is 0 Å². The largest absolute Gasteiger partial charge is 3.00 e. The van der Waals surface area contributed by atoms with Gasteiger partial charge in [0.25, 0.3) is 0 Å². The quantitative estimate of drug-likeness (QED) is 0.517. The van der Waals surface area contributed by atoms with Crippen molar-refractivity contribution in [3.05, 3.63) is 43.6 Å². The smallest absolute Gasteiger partial charge is 0.412 e. The molecule has 0 aromatic rings. The molecule has 0 saturated carbocycles. The van der Waals surface area contributed by atoms with Crippen molar-refractivity contribution in [2.75, 3.05) is 0 Å². The third kappa shape index (κ3) is 142. The summed E-state index contributed by atoms with van der Waals surface area (Å²) in [5.41, 5.74) is 0. The summed E-state index contributed by atoms with van der Waals surface area (Å²) in [6.07, 6.45) is 7.31. The number of hydrogen-bond donors (Lipinski definition) is 0. The van der Waals surface area contributed by atoms with E-state index in [1.807, 2.05) is 0 Å². The second kappa shape index (κ2) is 85.6. The normalized spacial score (nSPS) is 4.94.